The second kappa shape index (κ2) is 7.74. The lowest BCUT2D eigenvalue weighted by molar-refractivity contribution is 0.0529. The number of alkyl carbamates (subject to hydrolysis) is 1. The average molecular weight is 303 g/mol. The van der Waals surface area contributed by atoms with Gasteiger partial charge in [-0.2, -0.15) is 0 Å². The highest BCUT2D eigenvalue weighted by atomic mass is 16.6. The van der Waals surface area contributed by atoms with Gasteiger partial charge in [0.25, 0.3) is 0 Å². The maximum absolute atomic E-state index is 11.5. The Morgan fingerprint density at radius 3 is 2.32 bits per heavy atom. The van der Waals surface area contributed by atoms with E-state index in [1.807, 2.05) is 46.8 Å². The van der Waals surface area contributed by atoms with Crippen LogP contribution in [0, 0.1) is 25.7 Å². The first-order valence-corrected chi connectivity index (χ1v) is 7.34. The van der Waals surface area contributed by atoms with Crippen LogP contribution in [0.4, 0.5) is 4.79 Å². The minimum atomic E-state index is -0.479. The zero-order chi connectivity index (χ0) is 16.8. The number of hydrogen-bond acceptors (Lipinski definition) is 3. The van der Waals surface area contributed by atoms with Crippen molar-refractivity contribution in [2.24, 2.45) is 0 Å². The average Bonchev–Trinajstić information content (AvgIpc) is 2.38. The normalized spacial score (nSPS) is 10.5. The Labute approximate surface area is 133 Å². The van der Waals surface area contributed by atoms with Crippen LogP contribution in [0.25, 0.3) is 0 Å². The number of carbonyl (C=O) groups is 1. The predicted molar refractivity (Wildman–Crippen MR) is 88.2 cm³/mol. The molecule has 1 aromatic rings. The van der Waals surface area contributed by atoms with Crippen LogP contribution in [0.2, 0.25) is 0 Å². The van der Waals surface area contributed by atoms with Crippen molar-refractivity contribution in [1.29, 1.82) is 0 Å². The quantitative estimate of drug-likeness (QED) is 0.686. The molecule has 1 N–H and O–H groups in total. The molecule has 22 heavy (non-hydrogen) atoms. The highest BCUT2D eigenvalue weighted by molar-refractivity contribution is 5.67. The minimum Gasteiger partial charge on any atom is -0.497 e. The van der Waals surface area contributed by atoms with E-state index >= 15 is 0 Å². The minimum absolute atomic E-state index is 0.411. The first-order valence-electron chi connectivity index (χ1n) is 7.34. The second-order valence-electron chi connectivity index (χ2n) is 6.12. The molecular weight excluding hydrogens is 278 g/mol. The van der Waals surface area contributed by atoms with Crippen LogP contribution < -0.4 is 10.1 Å². The first-order chi connectivity index (χ1) is 10.2. The van der Waals surface area contributed by atoms with Crippen LogP contribution in [0.15, 0.2) is 12.1 Å². The highest BCUT2D eigenvalue weighted by Crippen LogP contribution is 2.20. The molecule has 0 unspecified atom stereocenters. The fourth-order valence-corrected chi connectivity index (χ4v) is 1.93. The summed E-state index contributed by atoms with van der Waals surface area (Å²) in [7, 11) is 1.65. The Kier molecular flexibility index (Phi) is 6.30. The van der Waals surface area contributed by atoms with Gasteiger partial charge in [0.2, 0.25) is 0 Å². The standard InChI is InChI=1S/C18H25NO3/c1-13-11-15(21-6)12-14(2)16(13)9-7-8-10-19-17(20)22-18(3,4)5/h11-12H,8,10H2,1-6H3,(H,19,20). The summed E-state index contributed by atoms with van der Waals surface area (Å²) in [4.78, 5) is 11.5. The number of amides is 1. The van der Waals surface area contributed by atoms with Gasteiger partial charge < -0.3 is 14.8 Å². The number of ether oxygens (including phenoxy) is 2. The van der Waals surface area contributed by atoms with Gasteiger partial charge in [-0.25, -0.2) is 4.79 Å². The number of benzene rings is 1. The van der Waals surface area contributed by atoms with Crippen molar-refractivity contribution in [3.63, 3.8) is 0 Å². The van der Waals surface area contributed by atoms with Crippen LogP contribution in [-0.4, -0.2) is 25.3 Å². The maximum atomic E-state index is 11.5. The smallest absolute Gasteiger partial charge is 0.407 e. The monoisotopic (exact) mass is 303 g/mol. The summed E-state index contributed by atoms with van der Waals surface area (Å²) in [6.07, 6.45) is 0.163. The molecule has 0 saturated heterocycles. The summed E-state index contributed by atoms with van der Waals surface area (Å²) < 4.78 is 10.4. The zero-order valence-corrected chi connectivity index (χ0v) is 14.3. The highest BCUT2D eigenvalue weighted by Gasteiger charge is 2.15. The molecule has 0 spiro atoms. The van der Waals surface area contributed by atoms with Crippen molar-refractivity contribution >= 4 is 6.09 Å². The zero-order valence-electron chi connectivity index (χ0n) is 14.3. The van der Waals surface area contributed by atoms with E-state index in [0.717, 1.165) is 22.4 Å². The number of hydrogen-bond donors (Lipinski definition) is 1. The Morgan fingerprint density at radius 1 is 1.23 bits per heavy atom. The number of methoxy groups -OCH3 is 1. The van der Waals surface area contributed by atoms with E-state index in [0.29, 0.717) is 13.0 Å². The van der Waals surface area contributed by atoms with Gasteiger partial charge in [0.15, 0.2) is 0 Å². The molecule has 1 amide bonds. The van der Waals surface area contributed by atoms with E-state index in [-0.39, 0.29) is 0 Å². The molecular formula is C18H25NO3. The third kappa shape index (κ3) is 6.09. The molecule has 0 atom stereocenters. The van der Waals surface area contributed by atoms with E-state index in [1.54, 1.807) is 7.11 Å². The Bertz CT molecular complexity index is 566. The van der Waals surface area contributed by atoms with E-state index < -0.39 is 11.7 Å². The lowest BCUT2D eigenvalue weighted by atomic mass is 10.0. The molecule has 0 aromatic heterocycles. The van der Waals surface area contributed by atoms with Gasteiger partial charge >= 0.3 is 6.09 Å². The predicted octanol–water partition coefficient (Wildman–Crippen LogP) is 3.58. The SMILES string of the molecule is COc1cc(C)c(C#CCCNC(=O)OC(C)(C)C)c(C)c1. The molecule has 0 radical (unpaired) electrons. The van der Waals surface area contributed by atoms with E-state index in [4.69, 9.17) is 9.47 Å². The van der Waals surface area contributed by atoms with Gasteiger partial charge in [-0.3, -0.25) is 0 Å². The Hall–Kier alpha value is -2.15. The van der Waals surface area contributed by atoms with E-state index in [9.17, 15) is 4.79 Å². The lowest BCUT2D eigenvalue weighted by Gasteiger charge is -2.19. The van der Waals surface area contributed by atoms with Crippen LogP contribution in [-0.2, 0) is 4.74 Å². The van der Waals surface area contributed by atoms with Gasteiger partial charge in [-0.1, -0.05) is 11.8 Å². The number of nitrogens with one attached hydrogen (secondary N) is 1. The fourth-order valence-electron chi connectivity index (χ4n) is 1.93. The van der Waals surface area contributed by atoms with Gasteiger partial charge in [-0.15, -0.1) is 0 Å². The van der Waals surface area contributed by atoms with Crippen LogP contribution in [0.5, 0.6) is 5.75 Å². The molecule has 0 bridgehead atoms. The van der Waals surface area contributed by atoms with Crippen molar-refractivity contribution in [3.8, 4) is 17.6 Å². The van der Waals surface area contributed by atoms with E-state index in [1.165, 1.54) is 0 Å². The summed E-state index contributed by atoms with van der Waals surface area (Å²) in [6.45, 7) is 10.00. The number of carbonyl (C=O) groups excluding carboxylic acids is 1. The molecule has 0 heterocycles. The van der Waals surface area contributed by atoms with Crippen molar-refractivity contribution < 1.29 is 14.3 Å². The van der Waals surface area contributed by atoms with Gasteiger partial charge in [0.05, 0.1) is 7.11 Å². The molecule has 0 aliphatic carbocycles. The summed E-state index contributed by atoms with van der Waals surface area (Å²) in [5.74, 6) is 7.07. The molecule has 120 valence electrons. The van der Waals surface area contributed by atoms with Crippen molar-refractivity contribution in [2.45, 2.75) is 46.6 Å². The van der Waals surface area contributed by atoms with E-state index in [2.05, 4.69) is 17.2 Å². The molecule has 0 saturated carbocycles. The molecule has 1 rings (SSSR count). The van der Waals surface area contributed by atoms with Crippen molar-refractivity contribution in [3.05, 3.63) is 28.8 Å². The number of rotatable bonds is 3. The Balaban J connectivity index is 2.54. The topological polar surface area (TPSA) is 47.6 Å². The molecule has 0 fully saturated rings. The second-order valence-corrected chi connectivity index (χ2v) is 6.12. The van der Waals surface area contributed by atoms with Gasteiger partial charge in [-0.05, 0) is 57.9 Å². The molecule has 4 nitrogen and oxygen atoms in total. The van der Waals surface area contributed by atoms with Gasteiger partial charge in [0.1, 0.15) is 11.4 Å². The lowest BCUT2D eigenvalue weighted by Crippen LogP contribution is -2.32. The first kappa shape index (κ1) is 17.9. The largest absolute Gasteiger partial charge is 0.497 e. The maximum Gasteiger partial charge on any atom is 0.407 e. The van der Waals surface area contributed by atoms with Gasteiger partial charge in [0, 0.05) is 18.5 Å². The van der Waals surface area contributed by atoms with Crippen molar-refractivity contribution in [1.82, 2.24) is 5.32 Å². The van der Waals surface area contributed by atoms with Crippen molar-refractivity contribution in [2.75, 3.05) is 13.7 Å². The van der Waals surface area contributed by atoms with Crippen LogP contribution in [0.1, 0.15) is 43.9 Å². The summed E-state index contributed by atoms with van der Waals surface area (Å²) in [5, 5.41) is 2.69. The molecule has 4 heteroatoms. The summed E-state index contributed by atoms with van der Waals surface area (Å²) >= 11 is 0. The fraction of sp³-hybridized carbons (Fsp3) is 0.500. The Morgan fingerprint density at radius 2 is 1.82 bits per heavy atom. The summed E-state index contributed by atoms with van der Waals surface area (Å²) in [6, 6.07) is 3.94. The molecule has 0 aliphatic rings. The third-order valence-corrected chi connectivity index (χ3v) is 2.87. The summed E-state index contributed by atoms with van der Waals surface area (Å²) in [5.41, 5.74) is 2.71. The third-order valence-electron chi connectivity index (χ3n) is 2.87. The molecule has 0 aliphatic heterocycles. The van der Waals surface area contributed by atoms with Crippen LogP contribution in [0.3, 0.4) is 0 Å². The molecule has 1 aromatic carbocycles. The van der Waals surface area contributed by atoms with Crippen LogP contribution >= 0.6 is 0 Å². The number of aryl methyl sites for hydroxylation is 2.